The van der Waals surface area contributed by atoms with Crippen molar-refractivity contribution >= 4 is 5.91 Å². The third kappa shape index (κ3) is 4.79. The van der Waals surface area contributed by atoms with Crippen LogP contribution in [0.2, 0.25) is 0 Å². The second-order valence-electron chi connectivity index (χ2n) is 4.40. The van der Waals surface area contributed by atoms with E-state index in [-0.39, 0.29) is 12.5 Å². The van der Waals surface area contributed by atoms with Gasteiger partial charge in [-0.2, -0.15) is 0 Å². The van der Waals surface area contributed by atoms with E-state index in [1.807, 2.05) is 19.1 Å². The van der Waals surface area contributed by atoms with E-state index in [0.29, 0.717) is 18.9 Å². The Labute approximate surface area is 114 Å². The van der Waals surface area contributed by atoms with Gasteiger partial charge in [0.15, 0.2) is 6.61 Å². The summed E-state index contributed by atoms with van der Waals surface area (Å²) in [6.45, 7) is 3.05. The number of hydrogen-bond acceptors (Lipinski definition) is 4. The Morgan fingerprint density at radius 3 is 2.63 bits per heavy atom. The Hall–Kier alpha value is -1.75. The summed E-state index contributed by atoms with van der Waals surface area (Å²) in [5.74, 6) is 1.24. The Morgan fingerprint density at radius 2 is 2.05 bits per heavy atom. The van der Waals surface area contributed by atoms with Gasteiger partial charge >= 0.3 is 0 Å². The standard InChI is InChI=1S/C14H22N2O3/c1-4-7-18-12-6-5-11(9-15)13(8-12)19-10-14(17)16(2)3/h5-6,8H,4,7,9-10,15H2,1-3H3. The average molecular weight is 266 g/mol. The number of hydrogen-bond donors (Lipinski definition) is 1. The first-order valence-electron chi connectivity index (χ1n) is 6.37. The van der Waals surface area contributed by atoms with Gasteiger partial charge in [-0.25, -0.2) is 0 Å². The lowest BCUT2D eigenvalue weighted by Gasteiger charge is -2.14. The van der Waals surface area contributed by atoms with Crippen molar-refractivity contribution in [3.8, 4) is 11.5 Å². The molecule has 0 heterocycles. The van der Waals surface area contributed by atoms with Gasteiger partial charge in [-0.3, -0.25) is 4.79 Å². The molecular formula is C14H22N2O3. The SMILES string of the molecule is CCCOc1ccc(CN)c(OCC(=O)N(C)C)c1. The van der Waals surface area contributed by atoms with Crippen LogP contribution >= 0.6 is 0 Å². The summed E-state index contributed by atoms with van der Waals surface area (Å²) in [6, 6.07) is 5.50. The van der Waals surface area contributed by atoms with Crippen molar-refractivity contribution in [3.63, 3.8) is 0 Å². The highest BCUT2D eigenvalue weighted by Gasteiger charge is 2.09. The van der Waals surface area contributed by atoms with Crippen molar-refractivity contribution < 1.29 is 14.3 Å². The number of amides is 1. The van der Waals surface area contributed by atoms with Gasteiger partial charge in [0.1, 0.15) is 11.5 Å². The monoisotopic (exact) mass is 266 g/mol. The van der Waals surface area contributed by atoms with Crippen molar-refractivity contribution in [2.75, 3.05) is 27.3 Å². The number of nitrogens with zero attached hydrogens (tertiary/aromatic N) is 1. The number of carbonyl (C=O) groups is 1. The lowest BCUT2D eigenvalue weighted by atomic mass is 10.2. The molecule has 1 aromatic rings. The lowest BCUT2D eigenvalue weighted by Crippen LogP contribution is -2.27. The van der Waals surface area contributed by atoms with Crippen LogP contribution in [0.5, 0.6) is 11.5 Å². The molecule has 2 N–H and O–H groups in total. The van der Waals surface area contributed by atoms with Crippen LogP contribution in [0, 0.1) is 0 Å². The number of carbonyl (C=O) groups excluding carboxylic acids is 1. The smallest absolute Gasteiger partial charge is 0.259 e. The second-order valence-corrected chi connectivity index (χ2v) is 4.40. The molecule has 0 aliphatic rings. The Bertz CT molecular complexity index is 419. The highest BCUT2D eigenvalue weighted by Crippen LogP contribution is 2.25. The van der Waals surface area contributed by atoms with E-state index in [2.05, 4.69) is 0 Å². The van der Waals surface area contributed by atoms with Crippen molar-refractivity contribution in [1.82, 2.24) is 4.90 Å². The largest absolute Gasteiger partial charge is 0.493 e. The molecule has 0 aromatic heterocycles. The first-order chi connectivity index (χ1) is 9.08. The van der Waals surface area contributed by atoms with Crippen LogP contribution in [0.4, 0.5) is 0 Å². The summed E-state index contributed by atoms with van der Waals surface area (Å²) in [5.41, 5.74) is 6.51. The van der Waals surface area contributed by atoms with E-state index >= 15 is 0 Å². The fourth-order valence-electron chi connectivity index (χ4n) is 1.42. The molecule has 1 aromatic carbocycles. The zero-order valence-electron chi connectivity index (χ0n) is 11.8. The maximum Gasteiger partial charge on any atom is 0.259 e. The zero-order chi connectivity index (χ0) is 14.3. The van der Waals surface area contributed by atoms with Crippen LogP contribution in [-0.4, -0.2) is 38.1 Å². The van der Waals surface area contributed by atoms with Crippen LogP contribution in [0.3, 0.4) is 0 Å². The summed E-state index contributed by atoms with van der Waals surface area (Å²) in [7, 11) is 3.38. The van der Waals surface area contributed by atoms with E-state index in [9.17, 15) is 4.79 Å². The molecule has 0 aliphatic carbocycles. The van der Waals surface area contributed by atoms with Crippen molar-refractivity contribution in [2.24, 2.45) is 5.73 Å². The molecule has 0 saturated carbocycles. The number of likely N-dealkylation sites (N-methyl/N-ethyl adjacent to an activating group) is 1. The lowest BCUT2D eigenvalue weighted by molar-refractivity contribution is -0.130. The van der Waals surface area contributed by atoms with Gasteiger partial charge in [-0.1, -0.05) is 13.0 Å². The zero-order valence-corrected chi connectivity index (χ0v) is 11.8. The maximum atomic E-state index is 11.5. The highest BCUT2D eigenvalue weighted by molar-refractivity contribution is 5.77. The second kappa shape index (κ2) is 7.63. The number of nitrogens with two attached hydrogens (primary N) is 1. The average Bonchev–Trinajstić information content (AvgIpc) is 2.42. The molecule has 0 spiro atoms. The molecule has 0 fully saturated rings. The van der Waals surface area contributed by atoms with E-state index in [4.69, 9.17) is 15.2 Å². The van der Waals surface area contributed by atoms with Crippen LogP contribution in [0.1, 0.15) is 18.9 Å². The van der Waals surface area contributed by atoms with E-state index < -0.39 is 0 Å². The molecule has 19 heavy (non-hydrogen) atoms. The fourth-order valence-corrected chi connectivity index (χ4v) is 1.42. The summed E-state index contributed by atoms with van der Waals surface area (Å²) in [5, 5.41) is 0. The number of benzene rings is 1. The van der Waals surface area contributed by atoms with Crippen LogP contribution in [0.25, 0.3) is 0 Å². The molecular weight excluding hydrogens is 244 g/mol. The summed E-state index contributed by atoms with van der Waals surface area (Å²) >= 11 is 0. The molecule has 5 heteroatoms. The highest BCUT2D eigenvalue weighted by atomic mass is 16.5. The van der Waals surface area contributed by atoms with Gasteiger partial charge in [0.2, 0.25) is 0 Å². The molecule has 5 nitrogen and oxygen atoms in total. The van der Waals surface area contributed by atoms with Gasteiger partial charge in [0, 0.05) is 32.3 Å². The van der Waals surface area contributed by atoms with E-state index in [1.54, 1.807) is 20.2 Å². The number of rotatable bonds is 7. The van der Waals surface area contributed by atoms with Crippen LogP contribution in [0.15, 0.2) is 18.2 Å². The normalized spacial score (nSPS) is 10.1. The van der Waals surface area contributed by atoms with Gasteiger partial charge in [0.05, 0.1) is 6.61 Å². The molecule has 0 radical (unpaired) electrons. The summed E-state index contributed by atoms with van der Waals surface area (Å²) in [4.78, 5) is 13.0. The first kappa shape index (κ1) is 15.3. The van der Waals surface area contributed by atoms with Crippen molar-refractivity contribution in [3.05, 3.63) is 23.8 Å². The van der Waals surface area contributed by atoms with E-state index in [1.165, 1.54) is 4.90 Å². The van der Waals surface area contributed by atoms with Crippen molar-refractivity contribution in [2.45, 2.75) is 19.9 Å². The van der Waals surface area contributed by atoms with E-state index in [0.717, 1.165) is 17.7 Å². The maximum absolute atomic E-state index is 11.5. The molecule has 0 unspecified atom stereocenters. The fraction of sp³-hybridized carbons (Fsp3) is 0.500. The van der Waals surface area contributed by atoms with Crippen LogP contribution < -0.4 is 15.2 Å². The minimum Gasteiger partial charge on any atom is -0.493 e. The Morgan fingerprint density at radius 1 is 1.32 bits per heavy atom. The number of ether oxygens (including phenoxy) is 2. The van der Waals surface area contributed by atoms with Gasteiger partial charge in [0.25, 0.3) is 5.91 Å². The summed E-state index contributed by atoms with van der Waals surface area (Å²) < 4.78 is 11.1. The van der Waals surface area contributed by atoms with Crippen molar-refractivity contribution in [1.29, 1.82) is 0 Å². The van der Waals surface area contributed by atoms with Crippen LogP contribution in [-0.2, 0) is 11.3 Å². The molecule has 0 atom stereocenters. The molecule has 106 valence electrons. The predicted molar refractivity (Wildman–Crippen MR) is 74.3 cm³/mol. The third-order valence-corrected chi connectivity index (χ3v) is 2.58. The van der Waals surface area contributed by atoms with Gasteiger partial charge in [-0.05, 0) is 12.5 Å². The van der Waals surface area contributed by atoms with Gasteiger partial charge < -0.3 is 20.1 Å². The predicted octanol–water partition coefficient (Wildman–Crippen LogP) is 1.40. The minimum absolute atomic E-state index is 0.00275. The van der Waals surface area contributed by atoms with Gasteiger partial charge in [-0.15, -0.1) is 0 Å². The minimum atomic E-state index is -0.0946. The quantitative estimate of drug-likeness (QED) is 0.810. The Kier molecular flexibility index (Phi) is 6.15. The first-order valence-corrected chi connectivity index (χ1v) is 6.37. The topological polar surface area (TPSA) is 64.8 Å². The molecule has 0 saturated heterocycles. The molecule has 0 bridgehead atoms. The third-order valence-electron chi connectivity index (χ3n) is 2.58. The Balaban J connectivity index is 2.75. The molecule has 1 amide bonds. The summed E-state index contributed by atoms with van der Waals surface area (Å²) in [6.07, 6.45) is 0.938. The molecule has 0 aliphatic heterocycles. The molecule has 1 rings (SSSR count).